The number of amides is 1. The molecule has 3 N–H and O–H groups in total. The summed E-state index contributed by atoms with van der Waals surface area (Å²) in [7, 11) is 0. The van der Waals surface area contributed by atoms with Crippen LogP contribution in [-0.2, 0) is 14.3 Å². The highest BCUT2D eigenvalue weighted by atomic mass is 16.5. The minimum atomic E-state index is -0.843. The first kappa shape index (κ1) is 89.3. The van der Waals surface area contributed by atoms with Crippen LogP contribution in [0.5, 0.6) is 0 Å². The maximum Gasteiger partial charge on any atom is 0.305 e. The molecule has 1 amide bonds. The van der Waals surface area contributed by atoms with Crippen molar-refractivity contribution in [2.45, 2.75) is 495 Å². The highest BCUT2D eigenvalue weighted by Crippen LogP contribution is 2.20. The van der Waals surface area contributed by atoms with Crippen molar-refractivity contribution >= 4 is 11.9 Å². The Bertz CT molecular complexity index is 1430. The molecule has 2 atom stereocenters. The SMILES string of the molecule is CCCCCCCCCCCCCCCCCCCCCCCC/C=C/C(O)C(CO)NC(=O)CCCCCCCCCCCCCCCCCCC/C=C\CCCCCCCCCCCCCCCCOC(=O)CCCCCCCCCCCCCCCCC. The van der Waals surface area contributed by atoms with Gasteiger partial charge in [-0.2, -0.15) is 0 Å². The Labute approximate surface area is 571 Å². The summed E-state index contributed by atoms with van der Waals surface area (Å²) >= 11 is 0. The fourth-order valence-electron chi connectivity index (χ4n) is 13.6. The average Bonchev–Trinajstić information content (AvgIpc) is 3.67. The topological polar surface area (TPSA) is 95.9 Å². The van der Waals surface area contributed by atoms with Crippen LogP contribution >= 0.6 is 0 Å². The highest BCUT2D eigenvalue weighted by Gasteiger charge is 2.18. The lowest BCUT2D eigenvalue weighted by molar-refractivity contribution is -0.143. The number of rotatable bonds is 80. The van der Waals surface area contributed by atoms with E-state index in [1.165, 1.54) is 417 Å². The van der Waals surface area contributed by atoms with Gasteiger partial charge in [-0.15, -0.1) is 0 Å². The van der Waals surface area contributed by atoms with Crippen LogP contribution in [0.15, 0.2) is 24.3 Å². The van der Waals surface area contributed by atoms with Gasteiger partial charge in [0.1, 0.15) is 0 Å². The Kier molecular flexibility index (Phi) is 79.3. The average molecular weight is 1280 g/mol. The fraction of sp³-hybridized carbons (Fsp3) is 0.929. The molecule has 0 fully saturated rings. The van der Waals surface area contributed by atoms with Crippen molar-refractivity contribution in [3.63, 3.8) is 0 Å². The molecule has 0 rings (SSSR count). The quantitative estimate of drug-likeness (QED) is 0.0320. The molecule has 0 heterocycles. The molecule has 6 heteroatoms. The number of nitrogens with one attached hydrogen (secondary N) is 1. The Morgan fingerprint density at radius 2 is 0.516 bits per heavy atom. The lowest BCUT2D eigenvalue weighted by atomic mass is 10.0. The Hall–Kier alpha value is -1.66. The second-order valence-electron chi connectivity index (χ2n) is 29.2. The Balaban J connectivity index is 3.36. The molecule has 0 aromatic rings. The van der Waals surface area contributed by atoms with Crippen molar-refractivity contribution in [1.29, 1.82) is 0 Å². The number of allylic oxidation sites excluding steroid dienone is 3. The fourth-order valence-corrected chi connectivity index (χ4v) is 13.6. The summed E-state index contributed by atoms with van der Waals surface area (Å²) in [6, 6.07) is -0.626. The molecule has 0 saturated carbocycles. The van der Waals surface area contributed by atoms with Crippen LogP contribution in [0, 0.1) is 0 Å². The maximum absolute atomic E-state index is 12.6. The van der Waals surface area contributed by atoms with Crippen molar-refractivity contribution in [2.24, 2.45) is 0 Å². The van der Waals surface area contributed by atoms with E-state index in [1.54, 1.807) is 6.08 Å². The van der Waals surface area contributed by atoms with Gasteiger partial charge in [0.25, 0.3) is 0 Å². The zero-order valence-electron chi connectivity index (χ0n) is 62.1. The minimum Gasteiger partial charge on any atom is -0.466 e. The predicted octanol–water partition coefficient (Wildman–Crippen LogP) is 28.0. The second kappa shape index (κ2) is 80.8. The van der Waals surface area contributed by atoms with Crippen LogP contribution in [0.25, 0.3) is 0 Å². The first-order valence-corrected chi connectivity index (χ1v) is 42.1. The molecular weight excluding hydrogens is 1110 g/mol. The first-order valence-electron chi connectivity index (χ1n) is 42.1. The summed E-state index contributed by atoms with van der Waals surface area (Å²) in [5.41, 5.74) is 0. The van der Waals surface area contributed by atoms with E-state index < -0.39 is 12.1 Å². The molecule has 2 unspecified atom stereocenters. The van der Waals surface area contributed by atoms with E-state index in [0.29, 0.717) is 19.4 Å². The summed E-state index contributed by atoms with van der Waals surface area (Å²) in [4.78, 5) is 24.7. The van der Waals surface area contributed by atoms with Crippen LogP contribution in [0.3, 0.4) is 0 Å². The van der Waals surface area contributed by atoms with Gasteiger partial charge >= 0.3 is 5.97 Å². The van der Waals surface area contributed by atoms with Gasteiger partial charge in [0.2, 0.25) is 5.91 Å². The largest absolute Gasteiger partial charge is 0.466 e. The minimum absolute atomic E-state index is 0.0240. The molecule has 0 aliphatic carbocycles. The summed E-state index contributed by atoms with van der Waals surface area (Å²) < 4.78 is 5.51. The van der Waals surface area contributed by atoms with Crippen LogP contribution in [-0.4, -0.2) is 47.4 Å². The molecule has 0 bridgehead atoms. The zero-order chi connectivity index (χ0) is 65.6. The van der Waals surface area contributed by atoms with Crippen LogP contribution in [0.4, 0.5) is 0 Å². The van der Waals surface area contributed by atoms with Gasteiger partial charge < -0.3 is 20.3 Å². The van der Waals surface area contributed by atoms with Crippen molar-refractivity contribution < 1.29 is 24.5 Å². The van der Waals surface area contributed by atoms with Gasteiger partial charge in [0.05, 0.1) is 25.4 Å². The van der Waals surface area contributed by atoms with Gasteiger partial charge in [-0.3, -0.25) is 9.59 Å². The van der Waals surface area contributed by atoms with E-state index in [4.69, 9.17) is 4.74 Å². The van der Waals surface area contributed by atoms with E-state index in [-0.39, 0.29) is 18.5 Å². The van der Waals surface area contributed by atoms with Crippen molar-refractivity contribution in [3.05, 3.63) is 24.3 Å². The van der Waals surface area contributed by atoms with Crippen LogP contribution in [0.2, 0.25) is 0 Å². The number of aliphatic hydroxyl groups excluding tert-OH is 2. The predicted molar refractivity (Wildman–Crippen MR) is 403 cm³/mol. The summed E-state index contributed by atoms with van der Waals surface area (Å²) in [6.07, 6.45) is 105. The molecule has 0 aliphatic heterocycles. The molecule has 0 aromatic heterocycles. The third kappa shape index (κ3) is 77.2. The number of unbranched alkanes of at least 4 members (excludes halogenated alkanes) is 67. The van der Waals surface area contributed by atoms with Gasteiger partial charge in [-0.05, 0) is 57.8 Å². The summed E-state index contributed by atoms with van der Waals surface area (Å²) in [5.74, 6) is -0.0347. The van der Waals surface area contributed by atoms with E-state index >= 15 is 0 Å². The highest BCUT2D eigenvalue weighted by molar-refractivity contribution is 5.76. The normalized spacial score (nSPS) is 12.5. The van der Waals surface area contributed by atoms with Crippen LogP contribution in [0.1, 0.15) is 483 Å². The van der Waals surface area contributed by atoms with Crippen LogP contribution < -0.4 is 5.32 Å². The van der Waals surface area contributed by atoms with E-state index in [2.05, 4.69) is 31.3 Å². The molecular formula is C85H165NO5. The van der Waals surface area contributed by atoms with Gasteiger partial charge in [-0.1, -0.05) is 436 Å². The number of aliphatic hydroxyl groups is 2. The molecule has 6 nitrogen and oxygen atoms in total. The second-order valence-corrected chi connectivity index (χ2v) is 29.2. The molecule has 0 spiro atoms. The van der Waals surface area contributed by atoms with E-state index in [0.717, 1.165) is 38.5 Å². The zero-order valence-corrected chi connectivity index (χ0v) is 62.1. The first-order chi connectivity index (χ1) is 45.0. The molecule has 0 radical (unpaired) electrons. The lowest BCUT2D eigenvalue weighted by Crippen LogP contribution is -2.45. The molecule has 0 aromatic carbocycles. The van der Waals surface area contributed by atoms with Crippen molar-refractivity contribution in [1.82, 2.24) is 5.32 Å². The smallest absolute Gasteiger partial charge is 0.305 e. The summed E-state index contributed by atoms with van der Waals surface area (Å²) in [5, 5.41) is 23.3. The van der Waals surface area contributed by atoms with Crippen molar-refractivity contribution in [3.8, 4) is 0 Å². The lowest BCUT2D eigenvalue weighted by Gasteiger charge is -2.20. The number of esters is 1. The molecule has 540 valence electrons. The Morgan fingerprint density at radius 1 is 0.297 bits per heavy atom. The third-order valence-electron chi connectivity index (χ3n) is 20.0. The third-order valence-corrected chi connectivity index (χ3v) is 20.0. The monoisotopic (exact) mass is 1280 g/mol. The van der Waals surface area contributed by atoms with Gasteiger partial charge in [-0.25, -0.2) is 0 Å². The standard InChI is InChI=1S/C85H165NO5/c1-3-5-7-9-11-13-15-17-19-20-21-22-23-37-40-43-46-50-53-57-61-65-69-73-77-83(88)82(81-87)86-84(89)78-74-70-66-62-58-54-51-47-44-41-38-35-33-31-29-27-25-24-26-28-30-32-34-36-39-42-45-48-52-56-60-64-68-72-76-80-91-85(90)79-75-71-67-63-59-55-49-18-16-14-12-10-8-6-4-2/h26,28,73,77,82-83,87-88H,3-25,27,29-72,74-76,78-81H2,1-2H3,(H,86,89)/b28-26-,77-73+. The van der Waals surface area contributed by atoms with Crippen molar-refractivity contribution in [2.75, 3.05) is 13.2 Å². The Morgan fingerprint density at radius 3 is 0.780 bits per heavy atom. The number of ether oxygens (including phenoxy) is 1. The summed E-state index contributed by atoms with van der Waals surface area (Å²) in [6.45, 7) is 4.97. The molecule has 91 heavy (non-hydrogen) atoms. The number of carbonyl (C=O) groups excluding carboxylic acids is 2. The number of hydrogen-bond acceptors (Lipinski definition) is 5. The van der Waals surface area contributed by atoms with E-state index in [1.807, 2.05) is 6.08 Å². The number of hydrogen-bond donors (Lipinski definition) is 3. The molecule has 0 saturated heterocycles. The molecule has 0 aliphatic rings. The number of carbonyl (C=O) groups is 2. The maximum atomic E-state index is 12.6. The van der Waals surface area contributed by atoms with Gasteiger partial charge in [0.15, 0.2) is 0 Å². The van der Waals surface area contributed by atoms with E-state index in [9.17, 15) is 19.8 Å². The van der Waals surface area contributed by atoms with Gasteiger partial charge in [0, 0.05) is 12.8 Å².